The van der Waals surface area contributed by atoms with Gasteiger partial charge in [-0.25, -0.2) is 0 Å². The average molecular weight is 365 g/mol. The molecule has 1 heterocycles. The van der Waals surface area contributed by atoms with E-state index in [0.717, 1.165) is 37.2 Å². The van der Waals surface area contributed by atoms with E-state index in [0.29, 0.717) is 12.3 Å². The van der Waals surface area contributed by atoms with Crippen LogP contribution in [0.1, 0.15) is 31.4 Å². The van der Waals surface area contributed by atoms with Crippen LogP contribution < -0.4 is 10.6 Å². The Morgan fingerprint density at radius 2 is 1.96 bits per heavy atom. The number of carbonyl (C=O) groups excluding carboxylic acids is 1. The maximum Gasteiger partial charge on any atom is 0.416 e. The van der Waals surface area contributed by atoms with Gasteiger partial charge in [0, 0.05) is 12.0 Å². The van der Waals surface area contributed by atoms with Crippen molar-refractivity contribution in [2.45, 2.75) is 38.9 Å². The van der Waals surface area contributed by atoms with Crippen LogP contribution >= 0.6 is 12.4 Å². The van der Waals surface area contributed by atoms with Crippen LogP contribution in [0.3, 0.4) is 0 Å². The number of benzene rings is 1. The van der Waals surface area contributed by atoms with E-state index in [1.807, 2.05) is 0 Å². The third-order valence-electron chi connectivity index (χ3n) is 4.38. The van der Waals surface area contributed by atoms with Crippen molar-refractivity contribution in [3.63, 3.8) is 0 Å². The van der Waals surface area contributed by atoms with Gasteiger partial charge in [0.25, 0.3) is 0 Å². The van der Waals surface area contributed by atoms with Gasteiger partial charge in [-0.15, -0.1) is 12.4 Å². The fraction of sp³-hybridized carbons (Fsp3) is 0.588. The molecule has 0 radical (unpaired) electrons. The number of rotatable bonds is 4. The van der Waals surface area contributed by atoms with Gasteiger partial charge in [0.1, 0.15) is 0 Å². The van der Waals surface area contributed by atoms with Crippen LogP contribution in [0.25, 0.3) is 0 Å². The zero-order chi connectivity index (χ0) is 17.0. The Kier molecular flexibility index (Phi) is 7.55. The van der Waals surface area contributed by atoms with Crippen LogP contribution in [0.2, 0.25) is 0 Å². The smallest absolute Gasteiger partial charge is 0.353 e. The molecule has 0 saturated carbocycles. The fourth-order valence-corrected chi connectivity index (χ4v) is 2.83. The van der Waals surface area contributed by atoms with E-state index in [1.165, 1.54) is 12.1 Å². The third kappa shape index (κ3) is 5.67. The highest BCUT2D eigenvalue weighted by molar-refractivity contribution is 5.85. The van der Waals surface area contributed by atoms with Crippen molar-refractivity contribution < 1.29 is 18.0 Å². The van der Waals surface area contributed by atoms with Crippen LogP contribution in [0.5, 0.6) is 0 Å². The minimum atomic E-state index is -4.33. The van der Waals surface area contributed by atoms with Gasteiger partial charge in [-0.3, -0.25) is 4.79 Å². The first-order valence-electron chi connectivity index (χ1n) is 7.94. The van der Waals surface area contributed by atoms with Crippen molar-refractivity contribution in [1.29, 1.82) is 0 Å². The summed E-state index contributed by atoms with van der Waals surface area (Å²) in [4.78, 5) is 12.3. The van der Waals surface area contributed by atoms with E-state index in [4.69, 9.17) is 0 Å². The minimum absolute atomic E-state index is 0. The number of piperidine rings is 1. The summed E-state index contributed by atoms with van der Waals surface area (Å²) in [6.45, 7) is 5.68. The highest BCUT2D eigenvalue weighted by Crippen LogP contribution is 2.29. The molecule has 7 heteroatoms. The lowest BCUT2D eigenvalue weighted by Crippen LogP contribution is -2.49. The Morgan fingerprint density at radius 3 is 2.50 bits per heavy atom. The summed E-state index contributed by atoms with van der Waals surface area (Å²) < 4.78 is 37.6. The molecule has 0 aromatic heterocycles. The molecule has 0 spiro atoms. The molecule has 2 rings (SSSR count). The lowest BCUT2D eigenvalue weighted by atomic mass is 9.93. The standard InChI is InChI=1S/C17H23F3N2O.ClH/c1-11(16(23)22-15-7-8-21-10-12(15)2)9-13-3-5-14(6-4-13)17(18,19)20;/h3-6,11-12,15,21H,7-10H2,1-2H3,(H,22,23);1H. The van der Waals surface area contributed by atoms with Gasteiger partial charge in [-0.05, 0) is 49.5 Å². The van der Waals surface area contributed by atoms with E-state index in [9.17, 15) is 18.0 Å². The van der Waals surface area contributed by atoms with Gasteiger partial charge in [0.15, 0.2) is 0 Å². The average Bonchev–Trinajstić information content (AvgIpc) is 2.49. The number of hydrogen-bond donors (Lipinski definition) is 2. The second kappa shape index (κ2) is 8.72. The van der Waals surface area contributed by atoms with Crippen molar-refractivity contribution in [2.24, 2.45) is 11.8 Å². The number of hydrogen-bond acceptors (Lipinski definition) is 2. The fourth-order valence-electron chi connectivity index (χ4n) is 2.83. The van der Waals surface area contributed by atoms with Gasteiger partial charge in [-0.1, -0.05) is 26.0 Å². The van der Waals surface area contributed by atoms with Crippen LogP contribution in [-0.2, 0) is 17.4 Å². The quantitative estimate of drug-likeness (QED) is 0.859. The second-order valence-electron chi connectivity index (χ2n) is 6.39. The van der Waals surface area contributed by atoms with Crippen LogP contribution in [0.15, 0.2) is 24.3 Å². The Morgan fingerprint density at radius 1 is 1.33 bits per heavy atom. The van der Waals surface area contributed by atoms with Gasteiger partial charge >= 0.3 is 6.18 Å². The number of alkyl halides is 3. The normalized spacial score (nSPS) is 22.4. The van der Waals surface area contributed by atoms with Crippen LogP contribution in [0, 0.1) is 11.8 Å². The molecule has 3 nitrogen and oxygen atoms in total. The molecule has 1 aromatic rings. The van der Waals surface area contributed by atoms with Crippen LogP contribution in [0.4, 0.5) is 13.2 Å². The molecule has 0 bridgehead atoms. The Hall–Kier alpha value is -1.27. The van der Waals surface area contributed by atoms with Crippen molar-refractivity contribution in [3.8, 4) is 0 Å². The van der Waals surface area contributed by atoms with Gasteiger partial charge in [0.05, 0.1) is 5.56 Å². The topological polar surface area (TPSA) is 41.1 Å². The third-order valence-corrected chi connectivity index (χ3v) is 4.38. The van der Waals surface area contributed by atoms with Gasteiger partial charge < -0.3 is 10.6 Å². The molecular weight excluding hydrogens is 341 g/mol. The maximum atomic E-state index is 12.5. The highest BCUT2D eigenvalue weighted by atomic mass is 35.5. The van der Waals surface area contributed by atoms with E-state index in [-0.39, 0.29) is 30.3 Å². The van der Waals surface area contributed by atoms with Gasteiger partial charge in [-0.2, -0.15) is 13.2 Å². The van der Waals surface area contributed by atoms with E-state index < -0.39 is 11.7 Å². The number of halogens is 4. The molecule has 3 unspecified atom stereocenters. The van der Waals surface area contributed by atoms with E-state index in [2.05, 4.69) is 17.6 Å². The summed E-state index contributed by atoms with van der Waals surface area (Å²) in [7, 11) is 0. The first-order valence-corrected chi connectivity index (χ1v) is 7.94. The lowest BCUT2D eigenvalue weighted by Gasteiger charge is -2.31. The number of carbonyl (C=O) groups is 1. The Balaban J connectivity index is 0.00000288. The summed E-state index contributed by atoms with van der Waals surface area (Å²) in [5.41, 5.74) is 0.0703. The van der Waals surface area contributed by atoms with Crippen molar-refractivity contribution >= 4 is 18.3 Å². The SMILES string of the molecule is CC(Cc1ccc(C(F)(F)F)cc1)C(=O)NC1CCNCC1C.Cl. The monoisotopic (exact) mass is 364 g/mol. The predicted molar refractivity (Wildman–Crippen MR) is 90.1 cm³/mol. The van der Waals surface area contributed by atoms with Crippen molar-refractivity contribution in [3.05, 3.63) is 35.4 Å². The second-order valence-corrected chi connectivity index (χ2v) is 6.39. The molecule has 1 aromatic carbocycles. The predicted octanol–water partition coefficient (Wildman–Crippen LogP) is 3.42. The molecule has 1 aliphatic rings. The minimum Gasteiger partial charge on any atom is -0.353 e. The van der Waals surface area contributed by atoms with Gasteiger partial charge in [0.2, 0.25) is 5.91 Å². The molecule has 3 atom stereocenters. The first-order chi connectivity index (χ1) is 10.8. The molecule has 1 aliphatic heterocycles. The molecular formula is C17H24ClF3N2O. The highest BCUT2D eigenvalue weighted by Gasteiger charge is 2.30. The molecule has 1 saturated heterocycles. The number of nitrogens with one attached hydrogen (secondary N) is 2. The molecule has 2 N–H and O–H groups in total. The summed E-state index contributed by atoms with van der Waals surface area (Å²) in [5.74, 6) is 0.0726. The van der Waals surface area contributed by atoms with E-state index >= 15 is 0 Å². The molecule has 24 heavy (non-hydrogen) atoms. The zero-order valence-electron chi connectivity index (χ0n) is 13.8. The molecule has 1 fully saturated rings. The van der Waals surface area contributed by atoms with E-state index in [1.54, 1.807) is 6.92 Å². The summed E-state index contributed by atoms with van der Waals surface area (Å²) in [6, 6.07) is 5.18. The largest absolute Gasteiger partial charge is 0.416 e. The molecule has 136 valence electrons. The Labute approximate surface area is 146 Å². The zero-order valence-corrected chi connectivity index (χ0v) is 14.6. The first kappa shape index (κ1) is 20.8. The summed E-state index contributed by atoms with van der Waals surface area (Å²) in [6.07, 6.45) is -2.99. The van der Waals surface area contributed by atoms with Crippen LogP contribution in [-0.4, -0.2) is 25.0 Å². The Bertz CT molecular complexity index is 534. The molecule has 1 amide bonds. The van der Waals surface area contributed by atoms with Crippen molar-refractivity contribution in [1.82, 2.24) is 10.6 Å². The summed E-state index contributed by atoms with van der Waals surface area (Å²) >= 11 is 0. The summed E-state index contributed by atoms with van der Waals surface area (Å²) in [5, 5.41) is 6.35. The number of amides is 1. The van der Waals surface area contributed by atoms with Crippen molar-refractivity contribution in [2.75, 3.05) is 13.1 Å². The maximum absolute atomic E-state index is 12.5. The lowest BCUT2D eigenvalue weighted by molar-refractivity contribution is -0.137. The molecule has 0 aliphatic carbocycles.